The molecular formula is C16H16FNO3. The fraction of sp³-hybridized carbons (Fsp3) is 0.188. The minimum atomic E-state index is -1.28. The summed E-state index contributed by atoms with van der Waals surface area (Å²) in [4.78, 5) is 10.9. The number of carbonyl (C=O) groups is 1. The maximum absolute atomic E-state index is 13.3. The second-order valence-corrected chi connectivity index (χ2v) is 4.66. The average molecular weight is 289 g/mol. The van der Waals surface area contributed by atoms with Crippen LogP contribution in [0.25, 0.3) is 0 Å². The molecule has 2 rings (SSSR count). The number of benzene rings is 2. The number of aromatic carboxylic acids is 1. The third-order valence-corrected chi connectivity index (χ3v) is 3.15. The van der Waals surface area contributed by atoms with E-state index in [4.69, 9.17) is 9.84 Å². The Morgan fingerprint density at radius 2 is 2.05 bits per heavy atom. The lowest BCUT2D eigenvalue weighted by Gasteiger charge is -2.10. The number of hydrogen-bond acceptors (Lipinski definition) is 3. The number of carboxylic acid groups (broad SMARTS) is 1. The molecule has 2 N–H and O–H groups in total. The van der Waals surface area contributed by atoms with Crippen LogP contribution in [0.2, 0.25) is 0 Å². The van der Waals surface area contributed by atoms with E-state index in [-0.39, 0.29) is 5.56 Å². The van der Waals surface area contributed by atoms with Gasteiger partial charge in [0.25, 0.3) is 0 Å². The van der Waals surface area contributed by atoms with Crippen LogP contribution in [0.3, 0.4) is 0 Å². The molecule has 0 aliphatic rings. The van der Waals surface area contributed by atoms with E-state index in [0.717, 1.165) is 22.9 Å². The molecular weight excluding hydrogens is 273 g/mol. The SMILES string of the molecule is COc1ccc(CNc2ccc(F)c(C(=O)O)c2)cc1C. The van der Waals surface area contributed by atoms with E-state index in [1.165, 1.54) is 12.1 Å². The van der Waals surface area contributed by atoms with E-state index in [0.29, 0.717) is 12.2 Å². The van der Waals surface area contributed by atoms with Gasteiger partial charge < -0.3 is 15.2 Å². The van der Waals surface area contributed by atoms with Crippen LogP contribution in [-0.2, 0) is 6.54 Å². The van der Waals surface area contributed by atoms with Crippen LogP contribution < -0.4 is 10.1 Å². The van der Waals surface area contributed by atoms with Gasteiger partial charge >= 0.3 is 5.97 Å². The van der Waals surface area contributed by atoms with Crippen molar-refractivity contribution in [3.8, 4) is 5.75 Å². The second-order valence-electron chi connectivity index (χ2n) is 4.66. The normalized spacial score (nSPS) is 10.2. The molecule has 0 radical (unpaired) electrons. The van der Waals surface area contributed by atoms with Crippen molar-refractivity contribution in [1.82, 2.24) is 0 Å². The Hall–Kier alpha value is -2.56. The highest BCUT2D eigenvalue weighted by molar-refractivity contribution is 5.89. The molecule has 0 amide bonds. The molecule has 0 saturated heterocycles. The molecule has 2 aromatic carbocycles. The Labute approximate surface area is 122 Å². The molecule has 0 aliphatic carbocycles. The molecule has 0 aromatic heterocycles. The number of methoxy groups -OCH3 is 1. The van der Waals surface area contributed by atoms with E-state index in [1.54, 1.807) is 7.11 Å². The third-order valence-electron chi connectivity index (χ3n) is 3.15. The van der Waals surface area contributed by atoms with E-state index in [1.807, 2.05) is 25.1 Å². The predicted octanol–water partition coefficient (Wildman–Crippen LogP) is 3.45. The zero-order valence-corrected chi connectivity index (χ0v) is 11.8. The number of nitrogens with one attached hydrogen (secondary N) is 1. The molecule has 110 valence electrons. The van der Waals surface area contributed by atoms with Gasteiger partial charge in [-0.1, -0.05) is 12.1 Å². The number of aryl methyl sites for hydroxylation is 1. The minimum Gasteiger partial charge on any atom is -0.496 e. The Kier molecular flexibility index (Phi) is 4.42. The molecule has 0 saturated carbocycles. The fourth-order valence-corrected chi connectivity index (χ4v) is 2.05. The highest BCUT2D eigenvalue weighted by Crippen LogP contribution is 2.20. The van der Waals surface area contributed by atoms with Gasteiger partial charge in [-0.25, -0.2) is 9.18 Å². The largest absolute Gasteiger partial charge is 0.496 e. The summed E-state index contributed by atoms with van der Waals surface area (Å²) in [7, 11) is 1.62. The molecule has 0 aliphatic heterocycles. The van der Waals surface area contributed by atoms with Crippen molar-refractivity contribution < 1.29 is 19.0 Å². The topological polar surface area (TPSA) is 58.6 Å². The summed E-state index contributed by atoms with van der Waals surface area (Å²) in [6, 6.07) is 9.71. The van der Waals surface area contributed by atoms with Crippen molar-refractivity contribution in [3.63, 3.8) is 0 Å². The molecule has 2 aromatic rings. The summed E-state index contributed by atoms with van der Waals surface area (Å²) in [5.74, 6) is -1.21. The van der Waals surface area contributed by atoms with Crippen LogP contribution >= 0.6 is 0 Å². The van der Waals surface area contributed by atoms with Gasteiger partial charge in [0, 0.05) is 12.2 Å². The number of rotatable bonds is 5. The minimum absolute atomic E-state index is 0.342. The molecule has 0 unspecified atom stereocenters. The first kappa shape index (κ1) is 14.8. The summed E-state index contributed by atoms with van der Waals surface area (Å²) < 4.78 is 18.5. The first-order valence-corrected chi connectivity index (χ1v) is 6.41. The Balaban J connectivity index is 2.11. The van der Waals surface area contributed by atoms with Gasteiger partial charge in [-0.05, 0) is 42.3 Å². The average Bonchev–Trinajstić information content (AvgIpc) is 2.46. The molecule has 0 bridgehead atoms. The zero-order chi connectivity index (χ0) is 15.4. The number of halogens is 1. The quantitative estimate of drug-likeness (QED) is 0.885. The van der Waals surface area contributed by atoms with Gasteiger partial charge in [-0.15, -0.1) is 0 Å². The van der Waals surface area contributed by atoms with Crippen molar-refractivity contribution >= 4 is 11.7 Å². The van der Waals surface area contributed by atoms with Crippen molar-refractivity contribution in [1.29, 1.82) is 0 Å². The predicted molar refractivity (Wildman–Crippen MR) is 78.4 cm³/mol. The summed E-state index contributed by atoms with van der Waals surface area (Å²) in [6.07, 6.45) is 0. The molecule has 21 heavy (non-hydrogen) atoms. The van der Waals surface area contributed by atoms with Gasteiger partial charge in [0.15, 0.2) is 0 Å². The van der Waals surface area contributed by atoms with Crippen molar-refractivity contribution in [2.75, 3.05) is 12.4 Å². The fourth-order valence-electron chi connectivity index (χ4n) is 2.05. The smallest absolute Gasteiger partial charge is 0.338 e. The number of ether oxygens (including phenoxy) is 1. The van der Waals surface area contributed by atoms with Gasteiger partial charge in [-0.3, -0.25) is 0 Å². The molecule has 4 nitrogen and oxygen atoms in total. The lowest BCUT2D eigenvalue weighted by atomic mass is 10.1. The number of hydrogen-bond donors (Lipinski definition) is 2. The Bertz CT molecular complexity index is 671. The summed E-state index contributed by atoms with van der Waals surface area (Å²) in [6.45, 7) is 2.46. The standard InChI is InChI=1S/C16H16FNO3/c1-10-7-11(3-6-15(10)21-2)9-18-12-4-5-14(17)13(8-12)16(19)20/h3-8,18H,9H2,1-2H3,(H,19,20). The van der Waals surface area contributed by atoms with Crippen molar-refractivity contribution in [2.24, 2.45) is 0 Å². The molecule has 0 heterocycles. The van der Waals surface area contributed by atoms with Gasteiger partial charge in [0.2, 0.25) is 0 Å². The molecule has 5 heteroatoms. The monoisotopic (exact) mass is 289 g/mol. The zero-order valence-electron chi connectivity index (χ0n) is 11.8. The highest BCUT2D eigenvalue weighted by atomic mass is 19.1. The van der Waals surface area contributed by atoms with Crippen LogP contribution in [0.15, 0.2) is 36.4 Å². The number of anilines is 1. The van der Waals surface area contributed by atoms with Gasteiger partial charge in [-0.2, -0.15) is 0 Å². The maximum Gasteiger partial charge on any atom is 0.338 e. The van der Waals surface area contributed by atoms with Gasteiger partial charge in [0.05, 0.1) is 12.7 Å². The lowest BCUT2D eigenvalue weighted by Crippen LogP contribution is -2.04. The van der Waals surface area contributed by atoms with Gasteiger partial charge in [0.1, 0.15) is 11.6 Å². The first-order chi connectivity index (χ1) is 10.0. The van der Waals surface area contributed by atoms with Crippen LogP contribution in [-0.4, -0.2) is 18.2 Å². The highest BCUT2D eigenvalue weighted by Gasteiger charge is 2.10. The summed E-state index contributed by atoms with van der Waals surface area (Å²) >= 11 is 0. The van der Waals surface area contributed by atoms with Crippen LogP contribution in [0.5, 0.6) is 5.75 Å². The molecule has 0 spiro atoms. The van der Waals surface area contributed by atoms with Crippen LogP contribution in [0, 0.1) is 12.7 Å². The van der Waals surface area contributed by atoms with Crippen LogP contribution in [0.4, 0.5) is 10.1 Å². The Morgan fingerprint density at radius 1 is 1.29 bits per heavy atom. The second kappa shape index (κ2) is 6.26. The number of carboxylic acids is 1. The molecule has 0 fully saturated rings. The van der Waals surface area contributed by atoms with E-state index >= 15 is 0 Å². The summed E-state index contributed by atoms with van der Waals surface area (Å²) in [5, 5.41) is 12.0. The van der Waals surface area contributed by atoms with Crippen LogP contribution in [0.1, 0.15) is 21.5 Å². The van der Waals surface area contributed by atoms with E-state index in [9.17, 15) is 9.18 Å². The molecule has 0 atom stereocenters. The third kappa shape index (κ3) is 3.51. The van der Waals surface area contributed by atoms with E-state index < -0.39 is 11.8 Å². The first-order valence-electron chi connectivity index (χ1n) is 6.41. The Morgan fingerprint density at radius 3 is 2.67 bits per heavy atom. The maximum atomic E-state index is 13.3. The van der Waals surface area contributed by atoms with Crippen molar-refractivity contribution in [3.05, 3.63) is 58.9 Å². The van der Waals surface area contributed by atoms with E-state index in [2.05, 4.69) is 5.32 Å². The lowest BCUT2D eigenvalue weighted by molar-refractivity contribution is 0.0692. The summed E-state index contributed by atoms with van der Waals surface area (Å²) in [5.41, 5.74) is 2.25. The van der Waals surface area contributed by atoms with Crippen molar-refractivity contribution in [2.45, 2.75) is 13.5 Å².